The lowest BCUT2D eigenvalue weighted by Gasteiger charge is -2.15. The molecule has 0 aliphatic heterocycles. The molecule has 0 aliphatic rings. The van der Waals surface area contributed by atoms with Crippen molar-refractivity contribution in [1.82, 2.24) is 0 Å². The fourth-order valence-corrected chi connectivity index (χ4v) is 2.64. The minimum absolute atomic E-state index is 1.13. The second-order valence-electron chi connectivity index (χ2n) is 5.44. The molecule has 0 N–H and O–H groups in total. The zero-order valence-electron chi connectivity index (χ0n) is 12.9. The first-order valence-electron chi connectivity index (χ1n) is 8.04. The Kier molecular flexibility index (Phi) is 8.29. The second-order valence-corrected chi connectivity index (χ2v) is 5.44. The van der Waals surface area contributed by atoms with Gasteiger partial charge in [-0.3, -0.25) is 0 Å². The summed E-state index contributed by atoms with van der Waals surface area (Å²) in [5.74, 6) is 0. The summed E-state index contributed by atoms with van der Waals surface area (Å²) in [5.41, 5.74) is 4.84. The van der Waals surface area contributed by atoms with Crippen molar-refractivity contribution in [2.45, 2.75) is 71.6 Å². The highest BCUT2D eigenvalue weighted by molar-refractivity contribution is 5.36. The summed E-state index contributed by atoms with van der Waals surface area (Å²) in [7, 11) is 0. The number of benzene rings is 1. The smallest absolute Gasteiger partial charge is 0.0270 e. The van der Waals surface area contributed by atoms with Crippen LogP contribution >= 0.6 is 0 Å². The van der Waals surface area contributed by atoms with E-state index >= 15 is 0 Å². The molecule has 19 heavy (non-hydrogen) atoms. The Balaban J connectivity index is 2.83. The lowest BCUT2D eigenvalue weighted by atomic mass is 9.91. The third-order valence-electron chi connectivity index (χ3n) is 3.80. The highest BCUT2D eigenvalue weighted by atomic mass is 14.1. The third-order valence-corrected chi connectivity index (χ3v) is 3.80. The van der Waals surface area contributed by atoms with E-state index in [9.17, 15) is 0 Å². The van der Waals surface area contributed by atoms with Crippen LogP contribution in [-0.2, 0) is 19.3 Å². The molecule has 0 aromatic heterocycles. The molecular formula is C19H30. The normalized spacial score (nSPS) is 10.6. The summed E-state index contributed by atoms with van der Waals surface area (Å²) < 4.78 is 0. The quantitative estimate of drug-likeness (QED) is 0.363. The van der Waals surface area contributed by atoms with Crippen LogP contribution < -0.4 is 0 Å². The first-order chi connectivity index (χ1) is 9.33. The van der Waals surface area contributed by atoms with E-state index in [1.54, 1.807) is 16.7 Å². The molecule has 0 spiro atoms. The Bertz CT molecular complexity index is 336. The van der Waals surface area contributed by atoms with E-state index in [2.05, 4.69) is 38.6 Å². The van der Waals surface area contributed by atoms with Crippen molar-refractivity contribution in [2.24, 2.45) is 0 Å². The molecule has 0 atom stereocenters. The van der Waals surface area contributed by atoms with Crippen molar-refractivity contribution >= 4 is 0 Å². The van der Waals surface area contributed by atoms with Gasteiger partial charge in [0.1, 0.15) is 0 Å². The number of hydrogen-bond acceptors (Lipinski definition) is 0. The molecule has 0 bridgehead atoms. The van der Waals surface area contributed by atoms with Gasteiger partial charge in [0, 0.05) is 0 Å². The van der Waals surface area contributed by atoms with E-state index in [1.165, 1.54) is 51.4 Å². The molecule has 1 aromatic carbocycles. The van der Waals surface area contributed by atoms with E-state index < -0.39 is 0 Å². The maximum atomic E-state index is 3.84. The van der Waals surface area contributed by atoms with E-state index in [1.807, 2.05) is 6.08 Å². The van der Waals surface area contributed by atoms with Gasteiger partial charge in [-0.15, -0.1) is 6.58 Å². The van der Waals surface area contributed by atoms with Crippen molar-refractivity contribution in [1.29, 1.82) is 0 Å². The topological polar surface area (TPSA) is 0 Å². The van der Waals surface area contributed by atoms with Gasteiger partial charge in [-0.25, -0.2) is 0 Å². The Hall–Kier alpha value is -1.04. The molecule has 1 aromatic rings. The zero-order chi connectivity index (χ0) is 13.9. The largest absolute Gasteiger partial charge is 0.103 e. The Labute approximate surface area is 119 Å². The SMILES string of the molecule is C=CCCCc1c(CCCC)cccc1CCCC. The predicted molar refractivity (Wildman–Crippen MR) is 86.8 cm³/mol. The molecule has 0 aliphatic carbocycles. The van der Waals surface area contributed by atoms with Crippen LogP contribution in [0.25, 0.3) is 0 Å². The maximum Gasteiger partial charge on any atom is -0.0270 e. The fourth-order valence-electron chi connectivity index (χ4n) is 2.64. The van der Waals surface area contributed by atoms with Crippen LogP contribution in [0.5, 0.6) is 0 Å². The summed E-state index contributed by atoms with van der Waals surface area (Å²) >= 11 is 0. The van der Waals surface area contributed by atoms with Gasteiger partial charge in [0.25, 0.3) is 0 Å². The van der Waals surface area contributed by atoms with Crippen LogP contribution in [0.15, 0.2) is 30.9 Å². The molecule has 0 unspecified atom stereocenters. The number of unbranched alkanes of at least 4 members (excludes halogenated alkanes) is 3. The predicted octanol–water partition coefficient (Wildman–Crippen LogP) is 5.88. The Morgan fingerprint density at radius 3 is 1.95 bits per heavy atom. The first kappa shape index (κ1) is 16.0. The molecular weight excluding hydrogens is 228 g/mol. The summed E-state index contributed by atoms with van der Waals surface area (Å²) in [6.45, 7) is 8.39. The van der Waals surface area contributed by atoms with Gasteiger partial charge < -0.3 is 0 Å². The average Bonchev–Trinajstić information content (AvgIpc) is 2.44. The standard InChI is InChI=1S/C19H30/c1-4-7-10-16-19-17(12-8-5-2)14-11-15-18(19)13-9-6-3/h4,11,14-15H,1,5-10,12-13,16H2,2-3H3. The van der Waals surface area contributed by atoms with Gasteiger partial charge in [0.15, 0.2) is 0 Å². The van der Waals surface area contributed by atoms with E-state index in [0.29, 0.717) is 0 Å². The van der Waals surface area contributed by atoms with Crippen LogP contribution in [0.4, 0.5) is 0 Å². The van der Waals surface area contributed by atoms with Gasteiger partial charge in [0.05, 0.1) is 0 Å². The number of aryl methyl sites for hydroxylation is 2. The van der Waals surface area contributed by atoms with Gasteiger partial charge in [0.2, 0.25) is 0 Å². The fraction of sp³-hybridized carbons (Fsp3) is 0.579. The van der Waals surface area contributed by atoms with Crippen molar-refractivity contribution in [3.05, 3.63) is 47.5 Å². The molecule has 0 saturated heterocycles. The van der Waals surface area contributed by atoms with Crippen LogP contribution in [0.2, 0.25) is 0 Å². The van der Waals surface area contributed by atoms with Crippen LogP contribution in [0, 0.1) is 0 Å². The van der Waals surface area contributed by atoms with Crippen molar-refractivity contribution in [3.63, 3.8) is 0 Å². The average molecular weight is 258 g/mol. The maximum absolute atomic E-state index is 3.84. The monoisotopic (exact) mass is 258 g/mol. The molecule has 0 fully saturated rings. The van der Waals surface area contributed by atoms with E-state index in [-0.39, 0.29) is 0 Å². The molecule has 106 valence electrons. The zero-order valence-corrected chi connectivity index (χ0v) is 12.9. The molecule has 0 heterocycles. The van der Waals surface area contributed by atoms with Crippen LogP contribution in [-0.4, -0.2) is 0 Å². The molecule has 0 radical (unpaired) electrons. The lowest BCUT2D eigenvalue weighted by molar-refractivity contribution is 0.746. The van der Waals surface area contributed by atoms with Gasteiger partial charge >= 0.3 is 0 Å². The van der Waals surface area contributed by atoms with Crippen LogP contribution in [0.3, 0.4) is 0 Å². The summed E-state index contributed by atoms with van der Waals surface area (Å²) in [6, 6.07) is 6.94. The van der Waals surface area contributed by atoms with Gasteiger partial charge in [-0.1, -0.05) is 51.0 Å². The highest BCUT2D eigenvalue weighted by Crippen LogP contribution is 2.21. The van der Waals surface area contributed by atoms with Crippen molar-refractivity contribution in [2.75, 3.05) is 0 Å². The van der Waals surface area contributed by atoms with Crippen LogP contribution in [0.1, 0.15) is 69.1 Å². The molecule has 0 saturated carbocycles. The number of hydrogen-bond donors (Lipinski definition) is 0. The number of allylic oxidation sites excluding steroid dienone is 1. The summed E-state index contributed by atoms with van der Waals surface area (Å²) in [4.78, 5) is 0. The first-order valence-corrected chi connectivity index (χ1v) is 8.04. The lowest BCUT2D eigenvalue weighted by Crippen LogP contribution is -2.01. The molecule has 0 nitrogen and oxygen atoms in total. The van der Waals surface area contributed by atoms with Gasteiger partial charge in [-0.05, 0) is 61.6 Å². The molecule has 0 amide bonds. The molecule has 0 heteroatoms. The van der Waals surface area contributed by atoms with E-state index in [0.717, 1.165) is 6.42 Å². The third kappa shape index (κ3) is 5.63. The van der Waals surface area contributed by atoms with E-state index in [4.69, 9.17) is 0 Å². The minimum Gasteiger partial charge on any atom is -0.103 e. The Morgan fingerprint density at radius 1 is 0.895 bits per heavy atom. The minimum atomic E-state index is 1.13. The van der Waals surface area contributed by atoms with Gasteiger partial charge in [-0.2, -0.15) is 0 Å². The van der Waals surface area contributed by atoms with Crippen molar-refractivity contribution in [3.8, 4) is 0 Å². The molecule has 1 rings (SSSR count). The highest BCUT2D eigenvalue weighted by Gasteiger charge is 2.07. The summed E-state index contributed by atoms with van der Waals surface area (Å²) in [5, 5.41) is 0. The number of rotatable bonds is 10. The van der Waals surface area contributed by atoms with Crippen molar-refractivity contribution < 1.29 is 0 Å². The second kappa shape index (κ2) is 9.83. The Morgan fingerprint density at radius 2 is 1.47 bits per heavy atom. The summed E-state index contributed by atoms with van der Waals surface area (Å²) in [6.07, 6.45) is 13.3.